The van der Waals surface area contributed by atoms with E-state index in [1.54, 1.807) is 0 Å². The van der Waals surface area contributed by atoms with Gasteiger partial charge >= 0.3 is 6.03 Å². The van der Waals surface area contributed by atoms with Crippen LogP contribution in [-0.4, -0.2) is 23.0 Å². The lowest BCUT2D eigenvalue weighted by Crippen LogP contribution is -2.50. The van der Waals surface area contributed by atoms with Crippen LogP contribution in [0.15, 0.2) is 11.8 Å². The van der Waals surface area contributed by atoms with Gasteiger partial charge in [-0.2, -0.15) is 0 Å². The Kier molecular flexibility index (Phi) is 3.75. The lowest BCUT2D eigenvalue weighted by atomic mass is 9.98. The molecule has 1 aliphatic heterocycles. The van der Waals surface area contributed by atoms with Crippen LogP contribution in [0, 0.1) is 5.92 Å². The third-order valence-corrected chi connectivity index (χ3v) is 4.07. The van der Waals surface area contributed by atoms with E-state index in [9.17, 15) is 4.79 Å². The Hall–Kier alpha value is -0.990. The molecule has 17 heavy (non-hydrogen) atoms. The molecule has 0 spiro atoms. The van der Waals surface area contributed by atoms with E-state index in [1.807, 2.05) is 11.1 Å². The first-order valence-corrected chi connectivity index (χ1v) is 6.85. The molecule has 2 fully saturated rings. The van der Waals surface area contributed by atoms with Crippen molar-refractivity contribution in [1.82, 2.24) is 10.2 Å². The minimum atomic E-state index is 0.0738. The van der Waals surface area contributed by atoms with Crippen molar-refractivity contribution >= 4 is 6.03 Å². The number of piperidine rings is 1. The molecule has 3 heteroatoms. The van der Waals surface area contributed by atoms with Gasteiger partial charge in [-0.15, -0.1) is 0 Å². The molecule has 2 aliphatic rings. The number of likely N-dealkylation sites (tertiary alicyclic amines) is 1. The fraction of sp³-hybridized carbons (Fsp3) is 0.786. The Balaban J connectivity index is 1.91. The number of carbonyl (C=O) groups excluding carboxylic acids is 1. The van der Waals surface area contributed by atoms with Crippen LogP contribution in [-0.2, 0) is 0 Å². The molecule has 1 heterocycles. The highest BCUT2D eigenvalue weighted by molar-refractivity contribution is 5.76. The summed E-state index contributed by atoms with van der Waals surface area (Å²) in [5.74, 6) is 0.728. The Labute approximate surface area is 104 Å². The zero-order valence-electron chi connectivity index (χ0n) is 11.2. The first kappa shape index (κ1) is 12.5. The van der Waals surface area contributed by atoms with Crippen molar-refractivity contribution in [3.05, 3.63) is 11.8 Å². The predicted molar refractivity (Wildman–Crippen MR) is 69.6 cm³/mol. The van der Waals surface area contributed by atoms with Gasteiger partial charge in [0.25, 0.3) is 0 Å². The number of urea groups is 1. The van der Waals surface area contributed by atoms with E-state index in [2.05, 4.69) is 26.1 Å². The van der Waals surface area contributed by atoms with E-state index in [4.69, 9.17) is 0 Å². The second kappa shape index (κ2) is 5.11. The molecule has 3 nitrogen and oxygen atoms in total. The Bertz CT molecular complexity index is 310. The average molecular weight is 236 g/mol. The van der Waals surface area contributed by atoms with E-state index in [1.165, 1.54) is 24.8 Å². The molecule has 1 N–H and O–H groups in total. The number of hydrogen-bond acceptors (Lipinski definition) is 1. The molecule has 0 radical (unpaired) electrons. The lowest BCUT2D eigenvalue weighted by molar-refractivity contribution is 0.125. The van der Waals surface area contributed by atoms with E-state index in [0.29, 0.717) is 12.1 Å². The molecular formula is C14H24N2O. The number of carbonyl (C=O) groups is 1. The molecule has 0 aromatic carbocycles. The molecule has 1 saturated carbocycles. The van der Waals surface area contributed by atoms with E-state index >= 15 is 0 Å². The first-order chi connectivity index (χ1) is 8.09. The van der Waals surface area contributed by atoms with Gasteiger partial charge in [0.15, 0.2) is 0 Å². The van der Waals surface area contributed by atoms with Gasteiger partial charge in [-0.05, 0) is 58.8 Å². The maximum atomic E-state index is 12.1. The van der Waals surface area contributed by atoms with Crippen LogP contribution in [0.4, 0.5) is 4.79 Å². The number of nitrogens with one attached hydrogen (secondary N) is 1. The maximum Gasteiger partial charge on any atom is 0.321 e. The highest BCUT2D eigenvalue weighted by Crippen LogP contribution is 2.35. The number of allylic oxidation sites excluding steroid dienone is 1. The molecule has 96 valence electrons. The molecule has 0 aromatic rings. The summed E-state index contributed by atoms with van der Waals surface area (Å²) in [4.78, 5) is 14.1. The number of amides is 2. The fourth-order valence-corrected chi connectivity index (χ4v) is 2.73. The summed E-state index contributed by atoms with van der Waals surface area (Å²) in [7, 11) is 0. The summed E-state index contributed by atoms with van der Waals surface area (Å²) in [6, 6.07) is 0.812. The fourth-order valence-electron chi connectivity index (χ4n) is 2.73. The summed E-state index contributed by atoms with van der Waals surface area (Å²) in [6.45, 7) is 6.40. The van der Waals surface area contributed by atoms with Crippen LogP contribution >= 0.6 is 0 Å². The Morgan fingerprint density at radius 3 is 2.29 bits per heavy atom. The molecule has 1 saturated heterocycles. The molecule has 0 bridgehead atoms. The third kappa shape index (κ3) is 3.02. The molecule has 2 atom stereocenters. The van der Waals surface area contributed by atoms with Crippen LogP contribution in [0.1, 0.15) is 52.9 Å². The average Bonchev–Trinajstić information content (AvgIpc) is 3.09. The monoisotopic (exact) mass is 236 g/mol. The van der Waals surface area contributed by atoms with Gasteiger partial charge in [0.05, 0.1) is 0 Å². The molecule has 0 aromatic heterocycles. The van der Waals surface area contributed by atoms with Crippen LogP contribution in [0.25, 0.3) is 0 Å². The van der Waals surface area contributed by atoms with E-state index in [0.717, 1.165) is 18.8 Å². The molecule has 2 amide bonds. The summed E-state index contributed by atoms with van der Waals surface area (Å²) >= 11 is 0. The summed E-state index contributed by atoms with van der Waals surface area (Å²) < 4.78 is 0. The predicted octanol–water partition coefficient (Wildman–Crippen LogP) is 3.27. The quantitative estimate of drug-likeness (QED) is 0.784. The number of rotatable bonds is 2. The first-order valence-electron chi connectivity index (χ1n) is 6.85. The Morgan fingerprint density at radius 2 is 1.76 bits per heavy atom. The summed E-state index contributed by atoms with van der Waals surface area (Å²) in [5.41, 5.74) is 1.32. The van der Waals surface area contributed by atoms with Crippen LogP contribution in [0.3, 0.4) is 0 Å². The standard InChI is InChI=1S/C14H24N2O/c1-10(13-7-8-13)9-15-14(17)16-11(2)5-4-6-12(16)3/h9,11-13H,4-8H2,1-3H3,(H,15,17)/b10-9+. The van der Waals surface area contributed by atoms with Gasteiger partial charge in [0, 0.05) is 18.3 Å². The van der Waals surface area contributed by atoms with Crippen molar-refractivity contribution in [2.75, 3.05) is 0 Å². The minimum absolute atomic E-state index is 0.0738. The summed E-state index contributed by atoms with van der Waals surface area (Å²) in [6.07, 6.45) is 7.98. The highest BCUT2D eigenvalue weighted by atomic mass is 16.2. The van der Waals surface area contributed by atoms with Crippen molar-refractivity contribution in [3.8, 4) is 0 Å². The number of hydrogen-bond donors (Lipinski definition) is 1. The smallest absolute Gasteiger partial charge is 0.319 e. The van der Waals surface area contributed by atoms with E-state index < -0.39 is 0 Å². The zero-order chi connectivity index (χ0) is 12.4. The summed E-state index contributed by atoms with van der Waals surface area (Å²) in [5, 5.41) is 2.96. The second-order valence-corrected chi connectivity index (χ2v) is 5.65. The Morgan fingerprint density at radius 1 is 1.18 bits per heavy atom. The van der Waals surface area contributed by atoms with Crippen LogP contribution in [0.2, 0.25) is 0 Å². The zero-order valence-corrected chi connectivity index (χ0v) is 11.2. The van der Waals surface area contributed by atoms with E-state index in [-0.39, 0.29) is 6.03 Å². The minimum Gasteiger partial charge on any atom is -0.319 e. The third-order valence-electron chi connectivity index (χ3n) is 4.07. The lowest BCUT2D eigenvalue weighted by Gasteiger charge is -2.38. The largest absolute Gasteiger partial charge is 0.321 e. The van der Waals surface area contributed by atoms with Crippen molar-refractivity contribution in [2.24, 2.45) is 5.92 Å². The van der Waals surface area contributed by atoms with Gasteiger partial charge in [0.2, 0.25) is 0 Å². The van der Waals surface area contributed by atoms with Gasteiger partial charge < -0.3 is 10.2 Å². The van der Waals surface area contributed by atoms with Gasteiger partial charge in [-0.25, -0.2) is 4.79 Å². The molecule has 2 unspecified atom stereocenters. The molecule has 1 aliphatic carbocycles. The highest BCUT2D eigenvalue weighted by Gasteiger charge is 2.29. The van der Waals surface area contributed by atoms with Crippen molar-refractivity contribution in [1.29, 1.82) is 0 Å². The topological polar surface area (TPSA) is 32.3 Å². The van der Waals surface area contributed by atoms with Gasteiger partial charge in [0.1, 0.15) is 0 Å². The molecule has 2 rings (SSSR count). The van der Waals surface area contributed by atoms with Crippen LogP contribution < -0.4 is 5.32 Å². The van der Waals surface area contributed by atoms with Gasteiger partial charge in [-0.1, -0.05) is 5.57 Å². The maximum absolute atomic E-state index is 12.1. The normalized spacial score (nSPS) is 30.3. The van der Waals surface area contributed by atoms with Crippen molar-refractivity contribution in [3.63, 3.8) is 0 Å². The SMILES string of the molecule is C/C(=C\NC(=O)N1C(C)CCCC1C)C1CC1. The van der Waals surface area contributed by atoms with Crippen molar-refractivity contribution < 1.29 is 4.79 Å². The van der Waals surface area contributed by atoms with Crippen molar-refractivity contribution in [2.45, 2.75) is 65.0 Å². The van der Waals surface area contributed by atoms with Crippen LogP contribution in [0.5, 0.6) is 0 Å². The second-order valence-electron chi connectivity index (χ2n) is 5.65. The number of nitrogens with zero attached hydrogens (tertiary/aromatic N) is 1. The van der Waals surface area contributed by atoms with Gasteiger partial charge in [-0.3, -0.25) is 0 Å². The molecular weight excluding hydrogens is 212 g/mol.